The average molecular weight is 344 g/mol. The maximum Gasteiger partial charge on any atom is 0.304 e. The van der Waals surface area contributed by atoms with Gasteiger partial charge in [-0.1, -0.05) is 11.3 Å². The van der Waals surface area contributed by atoms with Crippen LogP contribution >= 0.6 is 22.7 Å². The molecule has 0 saturated heterocycles. The Hall–Kier alpha value is -2.25. The maximum absolute atomic E-state index is 11.4. The van der Waals surface area contributed by atoms with Crippen molar-refractivity contribution >= 4 is 39.0 Å². The minimum atomic E-state index is -0.0658. The first-order chi connectivity index (χ1) is 11.1. The van der Waals surface area contributed by atoms with E-state index in [0.717, 1.165) is 39.0 Å². The molecule has 1 aromatic carbocycles. The van der Waals surface area contributed by atoms with Crippen LogP contribution in [0.4, 0.5) is 16.4 Å². The molecule has 2 heterocycles. The zero-order valence-electron chi connectivity index (χ0n) is 12.7. The molecule has 2 aromatic heterocycles. The molecule has 0 saturated carbocycles. The molecule has 2 N–H and O–H groups in total. The molecular formula is C16H16N4OS2. The van der Waals surface area contributed by atoms with E-state index >= 15 is 0 Å². The Morgan fingerprint density at radius 1 is 1.17 bits per heavy atom. The lowest BCUT2D eigenvalue weighted by Gasteiger charge is -2.12. The van der Waals surface area contributed by atoms with Gasteiger partial charge in [0.1, 0.15) is 5.00 Å². The molecule has 0 atom stereocenters. The van der Waals surface area contributed by atoms with Gasteiger partial charge in [0, 0.05) is 22.7 Å². The van der Waals surface area contributed by atoms with Crippen LogP contribution in [0.15, 0.2) is 56.1 Å². The van der Waals surface area contributed by atoms with E-state index in [2.05, 4.69) is 34.4 Å². The molecule has 0 aliphatic carbocycles. The molecule has 3 aromatic rings. The first-order valence-corrected chi connectivity index (χ1v) is 8.91. The fourth-order valence-corrected chi connectivity index (χ4v) is 3.23. The van der Waals surface area contributed by atoms with Crippen LogP contribution in [-0.4, -0.2) is 11.0 Å². The topological polar surface area (TPSA) is 69.6 Å². The Morgan fingerprint density at radius 2 is 2.04 bits per heavy atom. The minimum absolute atomic E-state index is 0.0658. The molecule has 0 unspecified atom stereocenters. The number of anilines is 1. The number of nitrogens with one attached hydrogen (secondary N) is 2. The second-order valence-electron chi connectivity index (χ2n) is 5.28. The molecule has 0 aliphatic heterocycles. The van der Waals surface area contributed by atoms with Gasteiger partial charge < -0.3 is 10.3 Å². The van der Waals surface area contributed by atoms with Crippen LogP contribution in [0.1, 0.15) is 13.8 Å². The first kappa shape index (κ1) is 15.6. The highest BCUT2D eigenvalue weighted by atomic mass is 32.1. The second kappa shape index (κ2) is 6.89. The molecule has 0 spiro atoms. The van der Waals surface area contributed by atoms with Gasteiger partial charge in [-0.15, -0.1) is 21.6 Å². The largest absolute Gasteiger partial charge is 0.383 e. The van der Waals surface area contributed by atoms with Gasteiger partial charge in [-0.25, -0.2) is 0 Å². The molecule has 5 nitrogen and oxygen atoms in total. The predicted molar refractivity (Wildman–Crippen MR) is 97.6 cm³/mol. The highest BCUT2D eigenvalue weighted by Crippen LogP contribution is 2.30. The van der Waals surface area contributed by atoms with Gasteiger partial charge in [-0.2, -0.15) is 0 Å². The van der Waals surface area contributed by atoms with Crippen molar-refractivity contribution < 1.29 is 0 Å². The monoisotopic (exact) mass is 344 g/mol. The summed E-state index contributed by atoms with van der Waals surface area (Å²) in [5.41, 5.74) is 3.39. The lowest BCUT2D eigenvalue weighted by atomic mass is 10.1. The van der Waals surface area contributed by atoms with Crippen LogP contribution in [0.25, 0.3) is 11.3 Å². The number of azo groups is 1. The third kappa shape index (κ3) is 4.14. The van der Waals surface area contributed by atoms with Crippen molar-refractivity contribution in [3.63, 3.8) is 0 Å². The fraction of sp³-hybridized carbons (Fsp3) is 0.188. The van der Waals surface area contributed by atoms with Gasteiger partial charge in [0.15, 0.2) is 0 Å². The van der Waals surface area contributed by atoms with E-state index in [1.54, 1.807) is 0 Å². The lowest BCUT2D eigenvalue weighted by Crippen LogP contribution is -2.09. The van der Waals surface area contributed by atoms with Crippen LogP contribution in [0.5, 0.6) is 0 Å². The molecule has 0 bridgehead atoms. The summed E-state index contributed by atoms with van der Waals surface area (Å²) >= 11 is 2.69. The number of thiazole rings is 1. The minimum Gasteiger partial charge on any atom is -0.383 e. The summed E-state index contributed by atoms with van der Waals surface area (Å²) in [6.07, 6.45) is 0. The van der Waals surface area contributed by atoms with E-state index < -0.39 is 0 Å². The number of hydrogen-bond acceptors (Lipinski definition) is 6. The third-order valence-corrected chi connectivity index (χ3v) is 4.40. The first-order valence-electron chi connectivity index (χ1n) is 7.15. The highest BCUT2D eigenvalue weighted by Gasteiger charge is 2.06. The van der Waals surface area contributed by atoms with Gasteiger partial charge in [0.25, 0.3) is 0 Å². The summed E-state index contributed by atoms with van der Waals surface area (Å²) in [6.45, 7) is 4.15. The van der Waals surface area contributed by atoms with Crippen molar-refractivity contribution in [2.75, 3.05) is 5.32 Å². The third-order valence-electron chi connectivity index (χ3n) is 2.97. The lowest BCUT2D eigenvalue weighted by molar-refractivity contribution is 0.900. The summed E-state index contributed by atoms with van der Waals surface area (Å²) in [5, 5.41) is 16.6. The Kier molecular flexibility index (Phi) is 4.68. The SMILES string of the molecule is CC(C)Nc1cc(N=Nc2cccs2)cc(-c2csc(=O)[nH]2)c1. The molecule has 0 aliphatic rings. The Morgan fingerprint density at radius 3 is 2.70 bits per heavy atom. The fourth-order valence-electron chi connectivity index (χ4n) is 2.10. The Balaban J connectivity index is 1.99. The van der Waals surface area contributed by atoms with E-state index in [-0.39, 0.29) is 4.87 Å². The average Bonchev–Trinajstić information content (AvgIpc) is 3.15. The van der Waals surface area contributed by atoms with Gasteiger partial charge in [-0.3, -0.25) is 4.79 Å². The molecule has 23 heavy (non-hydrogen) atoms. The maximum atomic E-state index is 11.4. The highest BCUT2D eigenvalue weighted by molar-refractivity contribution is 7.13. The number of nitrogens with zero attached hydrogens (tertiary/aromatic N) is 2. The summed E-state index contributed by atoms with van der Waals surface area (Å²) in [5.74, 6) is 0. The van der Waals surface area contributed by atoms with Crippen molar-refractivity contribution in [1.82, 2.24) is 4.98 Å². The zero-order valence-corrected chi connectivity index (χ0v) is 14.4. The number of hydrogen-bond donors (Lipinski definition) is 2. The molecule has 0 radical (unpaired) electrons. The van der Waals surface area contributed by atoms with Gasteiger partial charge in [0.2, 0.25) is 0 Å². The summed E-state index contributed by atoms with van der Waals surface area (Å²) < 4.78 is 0. The number of H-pyrrole nitrogens is 1. The molecule has 3 rings (SSSR count). The van der Waals surface area contributed by atoms with Crippen molar-refractivity contribution in [1.29, 1.82) is 0 Å². The summed E-state index contributed by atoms with van der Waals surface area (Å²) in [4.78, 5) is 14.2. The molecule has 7 heteroatoms. The van der Waals surface area contributed by atoms with Crippen LogP contribution in [0.3, 0.4) is 0 Å². The number of aromatic amines is 1. The van der Waals surface area contributed by atoms with E-state index in [4.69, 9.17) is 0 Å². The number of thiophene rings is 1. The number of benzene rings is 1. The van der Waals surface area contributed by atoms with Crippen LogP contribution < -0.4 is 10.2 Å². The van der Waals surface area contributed by atoms with Crippen molar-refractivity contribution in [2.24, 2.45) is 10.2 Å². The quantitative estimate of drug-likeness (QED) is 0.608. The van der Waals surface area contributed by atoms with E-state index in [9.17, 15) is 4.79 Å². The second-order valence-corrected chi connectivity index (χ2v) is 7.05. The standard InChI is InChI=1S/C16H16N4OS2/c1-10(2)17-12-6-11(14-9-23-16(21)18-14)7-13(8-12)19-20-15-4-3-5-22-15/h3-10,17H,1-2H3,(H,18,21). The smallest absolute Gasteiger partial charge is 0.304 e. The van der Waals surface area contributed by atoms with E-state index in [1.807, 2.05) is 41.1 Å². The Labute approximate surface area is 141 Å². The zero-order chi connectivity index (χ0) is 16.2. The Bertz CT molecular complexity index is 862. The molecular weight excluding hydrogens is 328 g/mol. The molecule has 0 fully saturated rings. The molecule has 0 amide bonds. The van der Waals surface area contributed by atoms with Crippen molar-refractivity contribution in [3.05, 3.63) is 50.8 Å². The van der Waals surface area contributed by atoms with Gasteiger partial charge >= 0.3 is 4.87 Å². The number of rotatable bonds is 5. The normalized spacial score (nSPS) is 11.4. The van der Waals surface area contributed by atoms with Gasteiger partial charge in [0.05, 0.1) is 11.4 Å². The predicted octanol–water partition coefficient (Wildman–Crippen LogP) is 5.40. The summed E-state index contributed by atoms with van der Waals surface area (Å²) in [6, 6.07) is 10.0. The molecule has 118 valence electrons. The van der Waals surface area contributed by atoms with E-state index in [1.165, 1.54) is 11.3 Å². The van der Waals surface area contributed by atoms with Crippen LogP contribution in [0.2, 0.25) is 0 Å². The summed E-state index contributed by atoms with van der Waals surface area (Å²) in [7, 11) is 0. The van der Waals surface area contributed by atoms with Crippen molar-refractivity contribution in [2.45, 2.75) is 19.9 Å². The van der Waals surface area contributed by atoms with Gasteiger partial charge in [-0.05, 0) is 49.6 Å². The van der Waals surface area contributed by atoms with Crippen LogP contribution in [-0.2, 0) is 0 Å². The van der Waals surface area contributed by atoms with E-state index in [0.29, 0.717) is 6.04 Å². The number of aromatic nitrogens is 1. The van der Waals surface area contributed by atoms with Crippen LogP contribution in [0, 0.1) is 0 Å². The van der Waals surface area contributed by atoms with Crippen molar-refractivity contribution in [3.8, 4) is 11.3 Å².